The van der Waals surface area contributed by atoms with Crippen molar-refractivity contribution >= 4 is 12.0 Å². The first-order valence-corrected chi connectivity index (χ1v) is 5.56. The average molecular weight is 194 g/mol. The number of rotatable bonds is 2. The van der Waals surface area contributed by atoms with Gasteiger partial charge in [-0.2, -0.15) is 4.79 Å². The summed E-state index contributed by atoms with van der Waals surface area (Å²) >= 11 is 0. The molecule has 0 aliphatic heterocycles. The van der Waals surface area contributed by atoms with Crippen molar-refractivity contribution in [3.8, 4) is 0 Å². The first kappa shape index (κ1) is 11.1. The van der Waals surface area contributed by atoms with Crippen LogP contribution in [0.2, 0.25) is 0 Å². The van der Waals surface area contributed by atoms with E-state index in [0.717, 1.165) is 31.9 Å². The molecule has 0 aromatic rings. The topological polar surface area (TPSA) is 53.5 Å². The highest BCUT2D eigenvalue weighted by molar-refractivity contribution is 6.26. The van der Waals surface area contributed by atoms with Gasteiger partial charge in [0.25, 0.3) is 0 Å². The minimum atomic E-state index is -0.00519. The van der Waals surface area contributed by atoms with Gasteiger partial charge in [0.05, 0.1) is 0 Å². The quantitative estimate of drug-likeness (QED) is 0.378. The van der Waals surface area contributed by atoms with Crippen LogP contribution in [-0.2, 0) is 4.79 Å². The zero-order chi connectivity index (χ0) is 10.2. The number of hydrogen-bond donors (Lipinski definition) is 0. The summed E-state index contributed by atoms with van der Waals surface area (Å²) in [5, 5.41) is 0. The fourth-order valence-electron chi connectivity index (χ4n) is 2.08. The molecule has 14 heavy (non-hydrogen) atoms. The van der Waals surface area contributed by atoms with Crippen molar-refractivity contribution in [2.75, 3.05) is 0 Å². The van der Waals surface area contributed by atoms with E-state index in [-0.39, 0.29) is 11.7 Å². The molecule has 0 aromatic heterocycles. The van der Waals surface area contributed by atoms with Gasteiger partial charge in [-0.1, -0.05) is 38.5 Å². The van der Waals surface area contributed by atoms with E-state index < -0.39 is 0 Å². The Labute approximate surface area is 85.1 Å². The normalized spacial score (nSPS) is 20.0. The van der Waals surface area contributed by atoms with Crippen LogP contribution in [0.4, 0.5) is 0 Å². The molecule has 1 rings (SSSR count). The highest BCUT2D eigenvalue weighted by Crippen LogP contribution is 2.21. The fourth-order valence-corrected chi connectivity index (χ4v) is 2.08. The first-order chi connectivity index (χ1) is 6.84. The third-order valence-corrected chi connectivity index (χ3v) is 2.94. The summed E-state index contributed by atoms with van der Waals surface area (Å²) in [6.07, 6.45) is 10.3. The first-order valence-electron chi connectivity index (χ1n) is 5.56. The summed E-state index contributed by atoms with van der Waals surface area (Å²) in [6.45, 7) is 0. The van der Waals surface area contributed by atoms with Crippen LogP contribution in [-0.4, -0.2) is 16.8 Å². The molecular formula is C11H18N2O. The van der Waals surface area contributed by atoms with Crippen molar-refractivity contribution in [1.82, 2.24) is 0 Å². The molecule has 1 aliphatic rings. The predicted octanol–water partition coefficient (Wildman–Crippen LogP) is 2.61. The molecule has 3 heteroatoms. The molecule has 0 bridgehead atoms. The predicted molar refractivity (Wildman–Crippen MR) is 55.1 cm³/mol. The second-order valence-corrected chi connectivity index (χ2v) is 4.04. The van der Waals surface area contributed by atoms with Crippen LogP contribution in [0.3, 0.4) is 0 Å². The van der Waals surface area contributed by atoms with Crippen LogP contribution in [0.1, 0.15) is 51.4 Å². The lowest BCUT2D eigenvalue weighted by atomic mass is 9.93. The third kappa shape index (κ3) is 3.84. The largest absolute Gasteiger partial charge is 0.361 e. The molecule has 1 aliphatic carbocycles. The Hall–Kier alpha value is -0.950. The second-order valence-electron chi connectivity index (χ2n) is 4.04. The number of Topliss-reactive ketones (excluding diaryl/α,β-unsaturated/α-hetero) is 1. The molecule has 0 radical (unpaired) electrons. The van der Waals surface area contributed by atoms with Gasteiger partial charge in [-0.3, -0.25) is 4.79 Å². The summed E-state index contributed by atoms with van der Waals surface area (Å²) in [5.74, 6) is 0.0957. The maximum atomic E-state index is 11.5. The Kier molecular flexibility index (Phi) is 5.16. The minimum absolute atomic E-state index is 0.00519. The highest BCUT2D eigenvalue weighted by Gasteiger charge is 2.19. The monoisotopic (exact) mass is 194 g/mol. The minimum Gasteiger partial charge on any atom is -0.361 e. The maximum absolute atomic E-state index is 11.5. The Morgan fingerprint density at radius 1 is 1.07 bits per heavy atom. The number of ketones is 1. The van der Waals surface area contributed by atoms with Gasteiger partial charge in [-0.25, -0.2) is 0 Å². The highest BCUT2D eigenvalue weighted by atomic mass is 16.1. The smallest absolute Gasteiger partial charge is 0.323 e. The molecule has 1 saturated carbocycles. The molecule has 0 N–H and O–H groups in total. The Morgan fingerprint density at radius 3 is 2.07 bits per heavy atom. The van der Waals surface area contributed by atoms with Crippen molar-refractivity contribution < 1.29 is 9.58 Å². The zero-order valence-corrected chi connectivity index (χ0v) is 8.61. The van der Waals surface area contributed by atoms with Crippen LogP contribution < -0.4 is 0 Å². The zero-order valence-electron chi connectivity index (χ0n) is 8.61. The molecule has 0 unspecified atom stereocenters. The Morgan fingerprint density at radius 2 is 1.57 bits per heavy atom. The van der Waals surface area contributed by atoms with Crippen molar-refractivity contribution in [2.24, 2.45) is 5.92 Å². The molecular weight excluding hydrogens is 176 g/mol. The summed E-state index contributed by atoms with van der Waals surface area (Å²) in [7, 11) is 0. The standard InChI is InChI=1S/C11H18N2O/c12-13-9-11(14)10-7-5-3-1-2-4-6-8-10/h9-10H,1-8H2. The lowest BCUT2D eigenvalue weighted by molar-refractivity contribution is -0.120. The molecule has 0 aromatic carbocycles. The molecule has 0 heterocycles. The summed E-state index contributed by atoms with van der Waals surface area (Å²) < 4.78 is 0. The van der Waals surface area contributed by atoms with E-state index in [1.54, 1.807) is 0 Å². The number of carbonyl (C=O) groups excluding carboxylic acids is 1. The van der Waals surface area contributed by atoms with E-state index in [9.17, 15) is 4.79 Å². The number of carbonyl (C=O) groups is 1. The third-order valence-electron chi connectivity index (χ3n) is 2.94. The Balaban J connectivity index is 2.46. The van der Waals surface area contributed by atoms with E-state index in [1.165, 1.54) is 25.7 Å². The van der Waals surface area contributed by atoms with Gasteiger partial charge in [0.2, 0.25) is 5.78 Å². The van der Waals surface area contributed by atoms with Crippen LogP contribution in [0.25, 0.3) is 5.53 Å². The molecule has 0 amide bonds. The molecule has 0 saturated heterocycles. The van der Waals surface area contributed by atoms with Crippen molar-refractivity contribution in [3.05, 3.63) is 5.53 Å². The van der Waals surface area contributed by atoms with Crippen molar-refractivity contribution in [1.29, 1.82) is 0 Å². The Bertz CT molecular complexity index is 221. The van der Waals surface area contributed by atoms with E-state index in [1.807, 2.05) is 0 Å². The molecule has 0 atom stereocenters. The van der Waals surface area contributed by atoms with Crippen LogP contribution in [0.15, 0.2) is 0 Å². The van der Waals surface area contributed by atoms with Crippen LogP contribution >= 0.6 is 0 Å². The lowest BCUT2D eigenvalue weighted by Crippen LogP contribution is -2.15. The molecule has 3 nitrogen and oxygen atoms in total. The SMILES string of the molecule is [N-]=[N+]=CC(=O)C1CCCCCCCC1. The van der Waals surface area contributed by atoms with Crippen molar-refractivity contribution in [2.45, 2.75) is 51.4 Å². The van der Waals surface area contributed by atoms with Crippen LogP contribution in [0, 0.1) is 5.92 Å². The van der Waals surface area contributed by atoms with Gasteiger partial charge in [0.15, 0.2) is 0 Å². The fraction of sp³-hybridized carbons (Fsp3) is 0.818. The van der Waals surface area contributed by atoms with E-state index in [4.69, 9.17) is 5.53 Å². The van der Waals surface area contributed by atoms with Gasteiger partial charge in [-0.15, -0.1) is 0 Å². The molecule has 78 valence electrons. The van der Waals surface area contributed by atoms with Gasteiger partial charge in [0, 0.05) is 5.92 Å². The van der Waals surface area contributed by atoms with Crippen molar-refractivity contribution in [3.63, 3.8) is 0 Å². The van der Waals surface area contributed by atoms with E-state index in [0.29, 0.717) is 0 Å². The lowest BCUT2D eigenvalue weighted by Gasteiger charge is -2.09. The average Bonchev–Trinajstić information content (AvgIpc) is 2.30. The van der Waals surface area contributed by atoms with E-state index in [2.05, 4.69) is 4.79 Å². The van der Waals surface area contributed by atoms with Crippen LogP contribution in [0.5, 0.6) is 0 Å². The molecule has 0 spiro atoms. The second kappa shape index (κ2) is 6.50. The number of nitrogens with zero attached hydrogens (tertiary/aromatic N) is 2. The maximum Gasteiger partial charge on any atom is 0.323 e. The van der Waals surface area contributed by atoms with Gasteiger partial charge in [0.1, 0.15) is 0 Å². The number of hydrogen-bond acceptors (Lipinski definition) is 1. The molecule has 1 fully saturated rings. The summed E-state index contributed by atoms with van der Waals surface area (Å²) in [4.78, 5) is 14.3. The summed E-state index contributed by atoms with van der Waals surface area (Å²) in [6, 6.07) is 0. The van der Waals surface area contributed by atoms with Gasteiger partial charge in [-0.05, 0) is 12.8 Å². The van der Waals surface area contributed by atoms with Gasteiger partial charge >= 0.3 is 6.21 Å². The van der Waals surface area contributed by atoms with E-state index >= 15 is 0 Å². The van der Waals surface area contributed by atoms with Gasteiger partial charge < -0.3 is 5.53 Å². The summed E-state index contributed by atoms with van der Waals surface area (Å²) in [5.41, 5.74) is 8.30.